The molecular weight excluding hydrogens is 462 g/mol. The Balaban J connectivity index is 0.000000351. The Morgan fingerprint density at radius 2 is 1.20 bits per heavy atom. The van der Waals surface area contributed by atoms with Crippen LogP contribution in [0.2, 0.25) is 0 Å². The van der Waals surface area contributed by atoms with Gasteiger partial charge >= 0.3 is 0 Å². The number of ketones is 1. The van der Waals surface area contributed by atoms with Crippen LogP contribution in [-0.4, -0.2) is 51.6 Å². The van der Waals surface area contributed by atoms with Gasteiger partial charge in [-0.05, 0) is 53.7 Å². The summed E-state index contributed by atoms with van der Waals surface area (Å²) in [5, 5.41) is 14.7. The molecule has 0 aliphatic heterocycles. The third-order valence-corrected chi connectivity index (χ3v) is 4.19. The number of ether oxygens (including phenoxy) is 4. The van der Waals surface area contributed by atoms with E-state index in [1.165, 1.54) is 27.2 Å². The maximum atomic E-state index is 13.2. The van der Waals surface area contributed by atoms with Gasteiger partial charge in [0.1, 0.15) is 11.4 Å². The number of hydrogen-bond acceptors (Lipinski definition) is 9. The molecule has 0 saturated heterocycles. The van der Waals surface area contributed by atoms with Crippen molar-refractivity contribution in [1.82, 2.24) is 20.4 Å². The topological polar surface area (TPSA) is 106 Å². The van der Waals surface area contributed by atoms with Crippen LogP contribution in [0.25, 0.3) is 0 Å². The Kier molecular flexibility index (Phi) is 10.6. The summed E-state index contributed by atoms with van der Waals surface area (Å²) < 4.78 is 47.5. The molecule has 0 bridgehead atoms. The Bertz CT molecular complexity index is 983. The molecule has 35 heavy (non-hydrogen) atoms. The quantitative estimate of drug-likeness (QED) is 0.469. The first-order valence-corrected chi connectivity index (χ1v) is 10.9. The second-order valence-corrected chi connectivity index (χ2v) is 9.77. The van der Waals surface area contributed by atoms with Crippen LogP contribution in [0.1, 0.15) is 82.7 Å². The third kappa shape index (κ3) is 11.0. The van der Waals surface area contributed by atoms with E-state index in [2.05, 4.69) is 20.4 Å². The molecule has 2 heterocycles. The monoisotopic (exact) mass is 498 g/mol. The predicted octanol–water partition coefficient (Wildman–Crippen LogP) is 4.91. The minimum Gasteiger partial charge on any atom is -0.480 e. The van der Waals surface area contributed by atoms with E-state index in [-0.39, 0.29) is 29.5 Å². The molecule has 0 radical (unpaired) electrons. The minimum atomic E-state index is -3.03. The van der Waals surface area contributed by atoms with Crippen LogP contribution in [-0.2, 0) is 28.6 Å². The molecule has 0 N–H and O–H groups in total. The molecule has 0 aliphatic rings. The number of Topliss-reactive ketones (excluding diaryl/α,β-unsaturated/α-hetero) is 1. The van der Waals surface area contributed by atoms with Crippen molar-refractivity contribution in [3.05, 3.63) is 34.6 Å². The first-order chi connectivity index (χ1) is 16.0. The molecule has 0 fully saturated rings. The number of aromatic nitrogens is 4. The summed E-state index contributed by atoms with van der Waals surface area (Å²) in [6.07, 6.45) is 0. The third-order valence-electron chi connectivity index (χ3n) is 4.19. The lowest BCUT2D eigenvalue weighted by Crippen LogP contribution is -2.20. The van der Waals surface area contributed by atoms with E-state index in [0.717, 1.165) is 12.5 Å². The van der Waals surface area contributed by atoms with Crippen molar-refractivity contribution in [2.24, 2.45) is 0 Å². The van der Waals surface area contributed by atoms with Gasteiger partial charge in [0, 0.05) is 25.0 Å². The van der Waals surface area contributed by atoms with E-state index >= 15 is 0 Å². The largest absolute Gasteiger partial charge is 0.480 e. The average molecular weight is 499 g/mol. The lowest BCUT2D eigenvalue weighted by atomic mass is 10.1. The highest BCUT2D eigenvalue weighted by atomic mass is 19.3. The van der Waals surface area contributed by atoms with Crippen LogP contribution in [0.4, 0.5) is 8.78 Å². The average Bonchev–Trinajstić information content (AvgIpc) is 2.74. The molecule has 0 unspecified atom stereocenters. The molecule has 2 aromatic rings. The highest BCUT2D eigenvalue weighted by molar-refractivity contribution is 5.92. The lowest BCUT2D eigenvalue weighted by molar-refractivity contribution is -0.0169. The van der Waals surface area contributed by atoms with Crippen LogP contribution in [0.15, 0.2) is 12.1 Å². The summed E-state index contributed by atoms with van der Waals surface area (Å²) in [6.45, 7) is 14.2. The van der Waals surface area contributed by atoms with Crippen molar-refractivity contribution in [3.63, 3.8) is 0 Å². The first-order valence-electron chi connectivity index (χ1n) is 10.9. The smallest absolute Gasteiger partial charge is 0.288 e. The second kappa shape index (κ2) is 12.3. The molecule has 11 heteroatoms. The summed E-state index contributed by atoms with van der Waals surface area (Å²) in [4.78, 5) is 11.2. The van der Waals surface area contributed by atoms with Gasteiger partial charge < -0.3 is 18.9 Å². The number of halogens is 2. The molecule has 2 rings (SSSR count). The van der Waals surface area contributed by atoms with Gasteiger partial charge in [0.25, 0.3) is 5.92 Å². The Morgan fingerprint density at radius 3 is 1.57 bits per heavy atom. The van der Waals surface area contributed by atoms with Crippen LogP contribution in [0.3, 0.4) is 0 Å². The number of hydrogen-bond donors (Lipinski definition) is 0. The van der Waals surface area contributed by atoms with Crippen molar-refractivity contribution in [1.29, 1.82) is 0 Å². The first kappa shape index (κ1) is 30.2. The highest BCUT2D eigenvalue weighted by Gasteiger charge is 2.28. The van der Waals surface area contributed by atoms with Gasteiger partial charge in [0.05, 0.1) is 38.6 Å². The molecule has 2 aromatic heterocycles. The summed E-state index contributed by atoms with van der Waals surface area (Å²) in [5.74, 6) is -2.57. The normalized spacial score (nSPS) is 12.0. The summed E-state index contributed by atoms with van der Waals surface area (Å²) in [7, 11) is 2.92. The fourth-order valence-electron chi connectivity index (χ4n) is 2.36. The van der Waals surface area contributed by atoms with Gasteiger partial charge in [-0.3, -0.25) is 4.79 Å². The van der Waals surface area contributed by atoms with Crippen molar-refractivity contribution in [2.45, 2.75) is 85.7 Å². The Hall–Kier alpha value is -2.79. The van der Waals surface area contributed by atoms with Gasteiger partial charge in [0.15, 0.2) is 5.78 Å². The minimum absolute atomic E-state index is 0.128. The van der Waals surface area contributed by atoms with Gasteiger partial charge in [-0.2, -0.15) is 8.78 Å². The summed E-state index contributed by atoms with van der Waals surface area (Å²) >= 11 is 0. The standard InChI is InChI=1S/C12H18F2N2O2.C12H18N2O3/c1-11(2,3)18-7-8-6-9(12(4,13)14)15-16-10(8)17-5;1-8(15)10-6-9(7-17-12(2,3)4)11(16-5)14-13-10/h6H,7H2,1-5H3;6H,7H2,1-5H3. The fourth-order valence-corrected chi connectivity index (χ4v) is 2.36. The van der Waals surface area contributed by atoms with E-state index in [1.54, 1.807) is 6.07 Å². The second-order valence-electron chi connectivity index (χ2n) is 9.77. The van der Waals surface area contributed by atoms with Crippen molar-refractivity contribution >= 4 is 5.78 Å². The van der Waals surface area contributed by atoms with Crippen LogP contribution in [0.5, 0.6) is 11.8 Å². The SMILES string of the molecule is COc1nnc(C(C)(F)F)cc1COC(C)(C)C.COc1nnc(C(C)=O)cc1COC(C)(C)C. The molecule has 0 aliphatic carbocycles. The van der Waals surface area contributed by atoms with Crippen molar-refractivity contribution < 1.29 is 32.5 Å². The van der Waals surface area contributed by atoms with E-state index in [4.69, 9.17) is 18.9 Å². The van der Waals surface area contributed by atoms with E-state index in [0.29, 0.717) is 23.7 Å². The maximum Gasteiger partial charge on any atom is 0.288 e. The lowest BCUT2D eigenvalue weighted by Gasteiger charge is -2.20. The number of alkyl halides is 2. The number of methoxy groups -OCH3 is 2. The van der Waals surface area contributed by atoms with Gasteiger partial charge in [0.2, 0.25) is 11.8 Å². The predicted molar refractivity (Wildman–Crippen MR) is 126 cm³/mol. The summed E-state index contributed by atoms with van der Waals surface area (Å²) in [5.41, 5.74) is 0.476. The van der Waals surface area contributed by atoms with Crippen LogP contribution < -0.4 is 9.47 Å². The van der Waals surface area contributed by atoms with Gasteiger partial charge in [-0.25, -0.2) is 0 Å². The van der Waals surface area contributed by atoms with Crippen molar-refractivity contribution in [3.8, 4) is 11.8 Å². The van der Waals surface area contributed by atoms with Gasteiger partial charge in [-0.1, -0.05) is 0 Å². The number of carbonyl (C=O) groups excluding carboxylic acids is 1. The number of carbonyl (C=O) groups is 1. The zero-order valence-electron chi connectivity index (χ0n) is 22.2. The molecule has 0 atom stereocenters. The zero-order valence-corrected chi connectivity index (χ0v) is 22.2. The molecule has 0 spiro atoms. The van der Waals surface area contributed by atoms with E-state index < -0.39 is 11.6 Å². The number of nitrogens with zero attached hydrogens (tertiary/aromatic N) is 4. The molecule has 0 aromatic carbocycles. The highest BCUT2D eigenvalue weighted by Crippen LogP contribution is 2.28. The van der Waals surface area contributed by atoms with Crippen molar-refractivity contribution in [2.75, 3.05) is 14.2 Å². The zero-order chi connectivity index (χ0) is 27.0. The molecule has 0 amide bonds. The maximum absolute atomic E-state index is 13.2. The fraction of sp³-hybridized carbons (Fsp3) is 0.625. The van der Waals surface area contributed by atoms with E-state index in [9.17, 15) is 13.6 Å². The van der Waals surface area contributed by atoms with Gasteiger partial charge in [-0.15, -0.1) is 20.4 Å². The molecular formula is C24H36F2N4O5. The van der Waals surface area contributed by atoms with Crippen LogP contribution >= 0.6 is 0 Å². The molecule has 9 nitrogen and oxygen atoms in total. The van der Waals surface area contributed by atoms with E-state index in [1.807, 2.05) is 41.5 Å². The Labute approximate surface area is 205 Å². The Morgan fingerprint density at radius 1 is 0.771 bits per heavy atom. The summed E-state index contributed by atoms with van der Waals surface area (Å²) in [6, 6.07) is 2.91. The van der Waals surface area contributed by atoms with Crippen LogP contribution in [0, 0.1) is 0 Å². The molecule has 0 saturated carbocycles. The molecule has 196 valence electrons. The number of rotatable bonds is 8.